The van der Waals surface area contributed by atoms with Crippen LogP contribution in [-0.2, 0) is 16.4 Å². The minimum Gasteiger partial charge on any atom is -0.396 e. The standard InChI is InChI=1S/C11H14N4O2S/c12-10-3-1-4-14-11(10)18(16,17)8-2-6-15-7-5-13-9-15/h1,3-5,7,9H,2,6,8,12H2. The van der Waals surface area contributed by atoms with Crippen LogP contribution in [0.2, 0.25) is 0 Å². The lowest BCUT2D eigenvalue weighted by Gasteiger charge is -2.06. The van der Waals surface area contributed by atoms with Gasteiger partial charge in [-0.1, -0.05) is 0 Å². The first kappa shape index (κ1) is 12.6. The molecule has 96 valence electrons. The lowest BCUT2D eigenvalue weighted by Crippen LogP contribution is -2.13. The second-order valence-corrected chi connectivity index (χ2v) is 5.90. The van der Waals surface area contributed by atoms with Crippen LogP contribution in [0.3, 0.4) is 0 Å². The molecule has 0 aliphatic carbocycles. The summed E-state index contributed by atoms with van der Waals surface area (Å²) in [5.74, 6) is 0.0202. The van der Waals surface area contributed by atoms with E-state index >= 15 is 0 Å². The number of hydrogen-bond donors (Lipinski definition) is 1. The van der Waals surface area contributed by atoms with Crippen molar-refractivity contribution in [3.05, 3.63) is 37.1 Å². The first-order chi connectivity index (χ1) is 8.59. The molecule has 0 saturated carbocycles. The maximum atomic E-state index is 12.0. The van der Waals surface area contributed by atoms with E-state index in [1.165, 1.54) is 12.3 Å². The molecule has 0 atom stereocenters. The zero-order chi connectivity index (χ0) is 13.0. The zero-order valence-electron chi connectivity index (χ0n) is 9.73. The van der Waals surface area contributed by atoms with Crippen LogP contribution < -0.4 is 5.73 Å². The largest absolute Gasteiger partial charge is 0.396 e. The van der Waals surface area contributed by atoms with Gasteiger partial charge in [-0.3, -0.25) is 0 Å². The van der Waals surface area contributed by atoms with E-state index in [-0.39, 0.29) is 16.5 Å². The molecule has 0 unspecified atom stereocenters. The van der Waals surface area contributed by atoms with Crippen LogP contribution in [0.5, 0.6) is 0 Å². The van der Waals surface area contributed by atoms with Gasteiger partial charge in [-0.2, -0.15) is 0 Å². The molecular weight excluding hydrogens is 252 g/mol. The fourth-order valence-electron chi connectivity index (χ4n) is 1.62. The second-order valence-electron chi connectivity index (χ2n) is 3.87. The molecule has 0 aliphatic rings. The normalized spacial score (nSPS) is 11.6. The second kappa shape index (κ2) is 5.18. The summed E-state index contributed by atoms with van der Waals surface area (Å²) in [5.41, 5.74) is 5.81. The molecule has 0 fully saturated rings. The molecule has 2 aromatic heterocycles. The van der Waals surface area contributed by atoms with Crippen LogP contribution in [-0.4, -0.2) is 28.7 Å². The Balaban J connectivity index is 2.02. The number of imidazole rings is 1. The molecular formula is C11H14N4O2S. The number of anilines is 1. The van der Waals surface area contributed by atoms with E-state index in [4.69, 9.17) is 5.73 Å². The monoisotopic (exact) mass is 266 g/mol. The van der Waals surface area contributed by atoms with Gasteiger partial charge in [0.2, 0.25) is 0 Å². The van der Waals surface area contributed by atoms with Gasteiger partial charge in [-0.05, 0) is 18.6 Å². The van der Waals surface area contributed by atoms with Gasteiger partial charge in [-0.15, -0.1) is 0 Å². The van der Waals surface area contributed by atoms with Crippen LogP contribution in [0.25, 0.3) is 0 Å². The van der Waals surface area contributed by atoms with Crippen LogP contribution in [0, 0.1) is 0 Å². The third-order valence-corrected chi connectivity index (χ3v) is 4.24. The first-order valence-electron chi connectivity index (χ1n) is 5.48. The quantitative estimate of drug-likeness (QED) is 0.861. The van der Waals surface area contributed by atoms with Crippen molar-refractivity contribution in [2.45, 2.75) is 18.0 Å². The third kappa shape index (κ3) is 2.86. The zero-order valence-corrected chi connectivity index (χ0v) is 10.5. The van der Waals surface area contributed by atoms with Crippen molar-refractivity contribution in [1.82, 2.24) is 14.5 Å². The highest BCUT2D eigenvalue weighted by Crippen LogP contribution is 2.16. The van der Waals surface area contributed by atoms with E-state index in [0.717, 1.165) is 0 Å². The topological polar surface area (TPSA) is 90.9 Å². The van der Waals surface area contributed by atoms with Crippen LogP contribution in [0.1, 0.15) is 6.42 Å². The summed E-state index contributed by atoms with van der Waals surface area (Å²) in [6, 6.07) is 3.15. The van der Waals surface area contributed by atoms with Crippen LogP contribution >= 0.6 is 0 Å². The molecule has 0 spiro atoms. The van der Waals surface area contributed by atoms with Gasteiger partial charge >= 0.3 is 0 Å². The van der Waals surface area contributed by atoms with Crippen LogP contribution in [0.15, 0.2) is 42.1 Å². The molecule has 6 nitrogen and oxygen atoms in total. The Labute approximate surface area is 105 Å². The number of aryl methyl sites for hydroxylation is 1. The summed E-state index contributed by atoms with van der Waals surface area (Å²) in [7, 11) is -3.41. The Morgan fingerprint density at radius 1 is 1.33 bits per heavy atom. The van der Waals surface area contributed by atoms with Gasteiger partial charge in [0.05, 0.1) is 17.8 Å². The first-order valence-corrected chi connectivity index (χ1v) is 7.14. The highest BCUT2D eigenvalue weighted by atomic mass is 32.2. The number of nitrogens with two attached hydrogens (primary N) is 1. The summed E-state index contributed by atoms with van der Waals surface area (Å²) < 4.78 is 25.9. The van der Waals surface area contributed by atoms with E-state index < -0.39 is 9.84 Å². The van der Waals surface area contributed by atoms with E-state index in [0.29, 0.717) is 13.0 Å². The molecule has 0 aromatic carbocycles. The molecule has 18 heavy (non-hydrogen) atoms. The van der Waals surface area contributed by atoms with E-state index in [1.807, 2.05) is 4.57 Å². The molecule has 0 saturated heterocycles. The van der Waals surface area contributed by atoms with Crippen LogP contribution in [0.4, 0.5) is 5.69 Å². The summed E-state index contributed by atoms with van der Waals surface area (Å²) in [6.07, 6.45) is 7.03. The minimum absolute atomic E-state index is 0.0202. The van der Waals surface area contributed by atoms with Gasteiger partial charge in [0.25, 0.3) is 0 Å². The van der Waals surface area contributed by atoms with E-state index in [9.17, 15) is 8.42 Å². The average Bonchev–Trinajstić information content (AvgIpc) is 2.82. The Hall–Kier alpha value is -1.89. The molecule has 0 amide bonds. The molecule has 2 heterocycles. The summed E-state index contributed by atoms with van der Waals surface area (Å²) >= 11 is 0. The minimum atomic E-state index is -3.41. The highest BCUT2D eigenvalue weighted by Gasteiger charge is 2.18. The highest BCUT2D eigenvalue weighted by molar-refractivity contribution is 7.91. The predicted octanol–water partition coefficient (Wildman–Crippen LogP) is 0.724. The number of nitrogen functional groups attached to an aromatic ring is 1. The van der Waals surface area contributed by atoms with Gasteiger partial charge in [0, 0.05) is 25.1 Å². The average molecular weight is 266 g/mol. The Morgan fingerprint density at radius 3 is 2.83 bits per heavy atom. The summed E-state index contributed by atoms with van der Waals surface area (Å²) in [6.45, 7) is 0.603. The van der Waals surface area contributed by atoms with Crippen molar-refractivity contribution >= 4 is 15.5 Å². The molecule has 2 aromatic rings. The molecule has 0 radical (unpaired) electrons. The number of rotatable bonds is 5. The molecule has 0 bridgehead atoms. The van der Waals surface area contributed by atoms with Gasteiger partial charge in [0.15, 0.2) is 14.9 Å². The van der Waals surface area contributed by atoms with Crippen molar-refractivity contribution in [3.8, 4) is 0 Å². The fourth-order valence-corrected chi connectivity index (χ4v) is 2.97. The molecule has 0 aliphatic heterocycles. The van der Waals surface area contributed by atoms with Crippen molar-refractivity contribution in [3.63, 3.8) is 0 Å². The number of hydrogen-bond acceptors (Lipinski definition) is 5. The van der Waals surface area contributed by atoms with Crippen molar-refractivity contribution in [2.75, 3.05) is 11.5 Å². The SMILES string of the molecule is Nc1cccnc1S(=O)(=O)CCCn1ccnc1. The molecule has 7 heteroatoms. The Morgan fingerprint density at radius 2 is 2.17 bits per heavy atom. The maximum absolute atomic E-state index is 12.0. The number of pyridine rings is 1. The smallest absolute Gasteiger partial charge is 0.197 e. The Bertz CT molecular complexity index is 608. The maximum Gasteiger partial charge on any atom is 0.197 e. The van der Waals surface area contributed by atoms with Gasteiger partial charge in [-0.25, -0.2) is 18.4 Å². The lowest BCUT2D eigenvalue weighted by atomic mass is 10.4. The van der Waals surface area contributed by atoms with Crippen molar-refractivity contribution < 1.29 is 8.42 Å². The van der Waals surface area contributed by atoms with E-state index in [2.05, 4.69) is 9.97 Å². The molecule has 2 rings (SSSR count). The summed E-state index contributed by atoms with van der Waals surface area (Å²) in [4.78, 5) is 7.72. The number of sulfone groups is 1. The lowest BCUT2D eigenvalue weighted by molar-refractivity contribution is 0.583. The number of nitrogens with zero attached hydrogens (tertiary/aromatic N) is 3. The third-order valence-electron chi connectivity index (χ3n) is 2.48. The van der Waals surface area contributed by atoms with Crippen molar-refractivity contribution in [1.29, 1.82) is 0 Å². The molecule has 2 N–H and O–H groups in total. The predicted molar refractivity (Wildman–Crippen MR) is 67.5 cm³/mol. The summed E-state index contributed by atoms with van der Waals surface area (Å²) in [5, 5.41) is -0.0318. The van der Waals surface area contributed by atoms with Gasteiger partial charge in [0.1, 0.15) is 0 Å². The van der Waals surface area contributed by atoms with E-state index in [1.54, 1.807) is 24.8 Å². The fraction of sp³-hybridized carbons (Fsp3) is 0.273. The van der Waals surface area contributed by atoms with Crippen molar-refractivity contribution in [2.24, 2.45) is 0 Å². The number of aromatic nitrogens is 3. The Kier molecular flexibility index (Phi) is 3.61. The van der Waals surface area contributed by atoms with Gasteiger partial charge < -0.3 is 10.3 Å².